The fourth-order valence-corrected chi connectivity index (χ4v) is 3.72. The molecule has 3 N–H and O–H groups in total. The van der Waals surface area contributed by atoms with E-state index in [0.29, 0.717) is 35.7 Å². The summed E-state index contributed by atoms with van der Waals surface area (Å²) in [5, 5.41) is 8.66. The fraction of sp³-hybridized carbons (Fsp3) is 0.192. The van der Waals surface area contributed by atoms with Gasteiger partial charge >= 0.3 is 0 Å². The summed E-state index contributed by atoms with van der Waals surface area (Å²) in [5.41, 5.74) is 2.92. The third-order valence-corrected chi connectivity index (χ3v) is 5.51. The van der Waals surface area contributed by atoms with Crippen molar-refractivity contribution in [2.24, 2.45) is 0 Å². The van der Waals surface area contributed by atoms with Crippen LogP contribution in [-0.2, 0) is 11.2 Å². The Bertz CT molecular complexity index is 1140. The normalized spacial score (nSPS) is 10.3. The van der Waals surface area contributed by atoms with Crippen LogP contribution in [0.25, 0.3) is 0 Å². The quantitative estimate of drug-likeness (QED) is 0.293. The minimum Gasteiger partial charge on any atom is -0.492 e. The van der Waals surface area contributed by atoms with Crippen LogP contribution in [0.3, 0.4) is 0 Å². The van der Waals surface area contributed by atoms with Crippen molar-refractivity contribution in [2.75, 3.05) is 17.2 Å². The zero-order valence-corrected chi connectivity index (χ0v) is 21.2. The number of hydrogen-bond donors (Lipinski definition) is 3. The molecule has 0 unspecified atom stereocenters. The van der Waals surface area contributed by atoms with E-state index in [-0.39, 0.29) is 16.9 Å². The molecule has 0 aliphatic heterocycles. The van der Waals surface area contributed by atoms with Gasteiger partial charge in [0, 0.05) is 28.7 Å². The SMILES string of the molecule is CCCC(=O)Nc1ccc(NC(=S)NC(=O)c2cc(Br)ccc2OCCc2ccccc2)cc1. The molecule has 0 aliphatic carbocycles. The third kappa shape index (κ3) is 7.97. The lowest BCUT2D eigenvalue weighted by Gasteiger charge is -2.14. The first-order chi connectivity index (χ1) is 16.4. The standard InChI is InChI=1S/C26H26BrN3O3S/c1-2-6-24(31)28-20-10-12-21(13-11-20)29-26(34)30-25(32)22-17-19(27)9-14-23(22)33-16-15-18-7-4-3-5-8-18/h3-5,7-14,17H,2,6,15-16H2,1H3,(H,28,31)(H2,29,30,32,34). The van der Waals surface area contributed by atoms with E-state index in [1.807, 2.05) is 43.3 Å². The molecule has 0 saturated heterocycles. The van der Waals surface area contributed by atoms with Gasteiger partial charge < -0.3 is 15.4 Å². The molecule has 0 aliphatic rings. The van der Waals surface area contributed by atoms with E-state index in [4.69, 9.17) is 17.0 Å². The van der Waals surface area contributed by atoms with Gasteiger partial charge in [0.1, 0.15) is 5.75 Å². The van der Waals surface area contributed by atoms with Crippen LogP contribution in [0.5, 0.6) is 5.75 Å². The van der Waals surface area contributed by atoms with Gasteiger partial charge in [-0.05, 0) is 66.7 Å². The van der Waals surface area contributed by atoms with Gasteiger partial charge in [-0.3, -0.25) is 14.9 Å². The maximum absolute atomic E-state index is 12.9. The first-order valence-corrected chi connectivity index (χ1v) is 12.1. The summed E-state index contributed by atoms with van der Waals surface area (Å²) in [4.78, 5) is 24.6. The smallest absolute Gasteiger partial charge is 0.261 e. The average Bonchev–Trinajstić information content (AvgIpc) is 2.82. The Balaban J connectivity index is 1.57. The second-order valence-electron chi connectivity index (χ2n) is 7.51. The van der Waals surface area contributed by atoms with Crippen LogP contribution < -0.4 is 20.7 Å². The first kappa shape index (κ1) is 25.4. The summed E-state index contributed by atoms with van der Waals surface area (Å²) in [6.07, 6.45) is 1.99. The number of thiocarbonyl (C=S) groups is 1. The number of ether oxygens (including phenoxy) is 1. The molecule has 3 rings (SSSR count). The highest BCUT2D eigenvalue weighted by Crippen LogP contribution is 2.24. The van der Waals surface area contributed by atoms with E-state index in [2.05, 4.69) is 31.9 Å². The molecule has 8 heteroatoms. The van der Waals surface area contributed by atoms with Gasteiger partial charge in [0.15, 0.2) is 5.11 Å². The Morgan fingerprint density at radius 2 is 1.62 bits per heavy atom. The van der Waals surface area contributed by atoms with E-state index in [1.54, 1.807) is 36.4 Å². The molecule has 0 radical (unpaired) electrons. The molecule has 0 heterocycles. The molecular weight excluding hydrogens is 514 g/mol. The lowest BCUT2D eigenvalue weighted by atomic mass is 10.1. The highest BCUT2D eigenvalue weighted by atomic mass is 79.9. The minimum absolute atomic E-state index is 0.0261. The Labute approximate surface area is 213 Å². The first-order valence-electron chi connectivity index (χ1n) is 10.9. The van der Waals surface area contributed by atoms with E-state index in [0.717, 1.165) is 22.9 Å². The van der Waals surface area contributed by atoms with Gasteiger partial charge in [-0.1, -0.05) is 53.2 Å². The van der Waals surface area contributed by atoms with Crippen molar-refractivity contribution in [3.63, 3.8) is 0 Å². The third-order valence-electron chi connectivity index (χ3n) is 4.81. The zero-order chi connectivity index (χ0) is 24.3. The van der Waals surface area contributed by atoms with Crippen LogP contribution in [-0.4, -0.2) is 23.5 Å². The van der Waals surface area contributed by atoms with Crippen molar-refractivity contribution in [3.8, 4) is 5.75 Å². The van der Waals surface area contributed by atoms with Gasteiger partial charge in [-0.25, -0.2) is 0 Å². The van der Waals surface area contributed by atoms with Gasteiger partial charge in [0.2, 0.25) is 5.91 Å². The molecule has 0 aromatic heterocycles. The minimum atomic E-state index is -0.378. The molecule has 3 aromatic carbocycles. The molecule has 34 heavy (non-hydrogen) atoms. The zero-order valence-electron chi connectivity index (χ0n) is 18.8. The summed E-state index contributed by atoms with van der Waals surface area (Å²) in [7, 11) is 0. The van der Waals surface area contributed by atoms with Crippen LogP contribution in [0, 0.1) is 0 Å². The van der Waals surface area contributed by atoms with Gasteiger partial charge in [-0.15, -0.1) is 0 Å². The predicted octanol–water partition coefficient (Wildman–Crippen LogP) is 5.94. The lowest BCUT2D eigenvalue weighted by Crippen LogP contribution is -2.34. The summed E-state index contributed by atoms with van der Waals surface area (Å²) < 4.78 is 6.66. The summed E-state index contributed by atoms with van der Waals surface area (Å²) in [5.74, 6) is 0.0744. The van der Waals surface area contributed by atoms with Crippen molar-refractivity contribution in [3.05, 3.63) is 88.4 Å². The number of benzene rings is 3. The molecule has 3 aromatic rings. The van der Waals surface area contributed by atoms with E-state index < -0.39 is 0 Å². The molecule has 2 amide bonds. The van der Waals surface area contributed by atoms with Crippen LogP contribution in [0.15, 0.2) is 77.3 Å². The van der Waals surface area contributed by atoms with Crippen molar-refractivity contribution >= 4 is 56.4 Å². The Morgan fingerprint density at radius 3 is 2.29 bits per heavy atom. The maximum Gasteiger partial charge on any atom is 0.261 e. The average molecular weight is 540 g/mol. The van der Waals surface area contributed by atoms with Crippen molar-refractivity contribution in [1.29, 1.82) is 0 Å². The number of carbonyl (C=O) groups is 2. The highest BCUT2D eigenvalue weighted by Gasteiger charge is 2.15. The lowest BCUT2D eigenvalue weighted by molar-refractivity contribution is -0.116. The van der Waals surface area contributed by atoms with Crippen LogP contribution in [0.4, 0.5) is 11.4 Å². The second-order valence-corrected chi connectivity index (χ2v) is 8.83. The van der Waals surface area contributed by atoms with E-state index in [1.165, 1.54) is 0 Å². The Morgan fingerprint density at radius 1 is 0.941 bits per heavy atom. The van der Waals surface area contributed by atoms with Crippen LogP contribution >= 0.6 is 28.1 Å². The molecule has 0 fully saturated rings. The number of anilines is 2. The molecule has 0 saturated carbocycles. The van der Waals surface area contributed by atoms with Crippen LogP contribution in [0.2, 0.25) is 0 Å². The van der Waals surface area contributed by atoms with Gasteiger partial charge in [-0.2, -0.15) is 0 Å². The highest BCUT2D eigenvalue weighted by molar-refractivity contribution is 9.10. The maximum atomic E-state index is 12.9. The Kier molecular flexibility index (Phi) is 9.61. The molecule has 176 valence electrons. The van der Waals surface area contributed by atoms with Gasteiger partial charge in [0.05, 0.1) is 12.2 Å². The van der Waals surface area contributed by atoms with Crippen LogP contribution in [0.1, 0.15) is 35.7 Å². The topological polar surface area (TPSA) is 79.5 Å². The molecule has 0 spiro atoms. The van der Waals surface area contributed by atoms with Gasteiger partial charge in [0.25, 0.3) is 5.91 Å². The number of amides is 2. The number of hydrogen-bond acceptors (Lipinski definition) is 4. The number of rotatable bonds is 9. The molecule has 0 bridgehead atoms. The summed E-state index contributed by atoms with van der Waals surface area (Å²) in [6, 6.07) is 22.4. The predicted molar refractivity (Wildman–Crippen MR) is 143 cm³/mol. The fourth-order valence-electron chi connectivity index (χ4n) is 3.15. The number of carbonyl (C=O) groups excluding carboxylic acids is 2. The summed E-state index contributed by atoms with van der Waals surface area (Å²) >= 11 is 8.72. The monoisotopic (exact) mass is 539 g/mol. The molecule has 0 atom stereocenters. The second kappa shape index (κ2) is 12.9. The number of halogens is 1. The van der Waals surface area contributed by atoms with E-state index in [9.17, 15) is 9.59 Å². The molecule has 6 nitrogen and oxygen atoms in total. The van der Waals surface area contributed by atoms with Crippen molar-refractivity contribution in [2.45, 2.75) is 26.2 Å². The number of nitrogens with one attached hydrogen (secondary N) is 3. The van der Waals surface area contributed by atoms with E-state index >= 15 is 0 Å². The molecular formula is C26H26BrN3O3S. The Hall–Kier alpha value is -3.23. The van der Waals surface area contributed by atoms with Crippen molar-refractivity contribution < 1.29 is 14.3 Å². The van der Waals surface area contributed by atoms with Crippen molar-refractivity contribution in [1.82, 2.24) is 5.32 Å². The largest absolute Gasteiger partial charge is 0.492 e. The summed E-state index contributed by atoms with van der Waals surface area (Å²) in [6.45, 7) is 2.39.